The number of nitrogens with zero attached hydrogens (tertiary/aromatic N) is 3. The number of aliphatic hydroxyl groups is 1. The number of esters is 1. The molecule has 2 fully saturated rings. The fourth-order valence-electron chi connectivity index (χ4n) is 8.21. The number of fused-ring (bicyclic) bond motifs is 2. The Kier molecular flexibility index (Phi) is 9.57. The van der Waals surface area contributed by atoms with Gasteiger partial charge in [0.2, 0.25) is 11.8 Å². The molecule has 1 N–H and O–H groups in total. The highest BCUT2D eigenvalue weighted by molar-refractivity contribution is 6.06. The maximum atomic E-state index is 15.2. The summed E-state index contributed by atoms with van der Waals surface area (Å²) in [7, 11) is 1.71. The van der Waals surface area contributed by atoms with Crippen LogP contribution in [0.3, 0.4) is 0 Å². The van der Waals surface area contributed by atoms with Crippen molar-refractivity contribution in [2.75, 3.05) is 25.1 Å². The summed E-state index contributed by atoms with van der Waals surface area (Å²) >= 11 is 0. The Bertz CT molecular complexity index is 1650. The molecule has 0 aliphatic carbocycles. The fraction of sp³-hybridized carbons (Fsp3) is 0.487. The minimum Gasteiger partial charge on any atom is -0.455 e. The van der Waals surface area contributed by atoms with Crippen LogP contribution < -0.4 is 4.90 Å². The Hall–Kier alpha value is -4.28. The summed E-state index contributed by atoms with van der Waals surface area (Å²) in [4.78, 5) is 62.6. The second-order valence-corrected chi connectivity index (χ2v) is 14.2. The van der Waals surface area contributed by atoms with Crippen molar-refractivity contribution in [2.45, 2.75) is 83.4 Å². The van der Waals surface area contributed by atoms with Gasteiger partial charge in [0.25, 0.3) is 5.91 Å². The van der Waals surface area contributed by atoms with Gasteiger partial charge in [0, 0.05) is 25.7 Å². The molecular formula is C39H47N3O7. The van der Waals surface area contributed by atoms with E-state index in [9.17, 15) is 19.5 Å². The average Bonchev–Trinajstić information content (AvgIpc) is 3.72. The molecule has 4 aliphatic heterocycles. The lowest BCUT2D eigenvalue weighted by atomic mass is 9.74. The van der Waals surface area contributed by atoms with Crippen LogP contribution in [0.15, 0.2) is 72.8 Å². The van der Waals surface area contributed by atoms with Crippen LogP contribution in [0.1, 0.15) is 56.4 Å². The third-order valence-electron chi connectivity index (χ3n) is 10.9. The summed E-state index contributed by atoms with van der Waals surface area (Å²) in [5.41, 5.74) is 1.75. The van der Waals surface area contributed by atoms with Crippen molar-refractivity contribution in [1.29, 1.82) is 0 Å². The van der Waals surface area contributed by atoms with Crippen LogP contribution in [-0.2, 0) is 28.7 Å². The molecule has 10 nitrogen and oxygen atoms in total. The molecule has 1 spiro atoms. The van der Waals surface area contributed by atoms with E-state index in [1.54, 1.807) is 29.0 Å². The normalized spacial score (nSPS) is 31.8. The Morgan fingerprint density at radius 3 is 2.31 bits per heavy atom. The number of ether oxygens (including phenoxy) is 2. The number of cyclic esters (lactones) is 1. The molecule has 4 aliphatic rings. The molecular weight excluding hydrogens is 622 g/mol. The van der Waals surface area contributed by atoms with E-state index in [1.807, 2.05) is 95.3 Å². The van der Waals surface area contributed by atoms with Gasteiger partial charge < -0.3 is 29.3 Å². The topological polar surface area (TPSA) is 117 Å². The first-order valence-corrected chi connectivity index (χ1v) is 17.3. The highest BCUT2D eigenvalue weighted by Crippen LogP contribution is 2.57. The van der Waals surface area contributed by atoms with Crippen molar-refractivity contribution in [3.8, 4) is 0 Å². The van der Waals surface area contributed by atoms with Crippen LogP contribution in [0.4, 0.5) is 5.69 Å². The van der Waals surface area contributed by atoms with Gasteiger partial charge in [-0.15, -0.1) is 0 Å². The van der Waals surface area contributed by atoms with E-state index in [4.69, 9.17) is 9.47 Å². The van der Waals surface area contributed by atoms with Crippen molar-refractivity contribution in [1.82, 2.24) is 9.80 Å². The molecule has 0 saturated carbocycles. The van der Waals surface area contributed by atoms with Gasteiger partial charge in [0.15, 0.2) is 0 Å². The second-order valence-electron chi connectivity index (χ2n) is 14.2. The number of likely N-dealkylation sites (tertiary alicyclic amines) is 1. The van der Waals surface area contributed by atoms with Gasteiger partial charge in [-0.1, -0.05) is 86.7 Å². The van der Waals surface area contributed by atoms with Crippen molar-refractivity contribution in [2.24, 2.45) is 17.8 Å². The summed E-state index contributed by atoms with van der Waals surface area (Å²) in [5, 5.41) is 10.7. The third kappa shape index (κ3) is 5.78. The van der Waals surface area contributed by atoms with E-state index in [0.29, 0.717) is 12.0 Å². The number of aliphatic hydroxyl groups excluding tert-OH is 1. The van der Waals surface area contributed by atoms with Gasteiger partial charge >= 0.3 is 5.97 Å². The summed E-state index contributed by atoms with van der Waals surface area (Å²) in [6.07, 6.45) is 6.38. The predicted molar refractivity (Wildman–Crippen MR) is 184 cm³/mol. The molecule has 0 radical (unpaired) electrons. The summed E-state index contributed by atoms with van der Waals surface area (Å²) in [5.74, 6) is -3.82. The molecule has 0 unspecified atom stereocenters. The Morgan fingerprint density at radius 1 is 0.959 bits per heavy atom. The van der Waals surface area contributed by atoms with E-state index in [0.717, 1.165) is 16.8 Å². The first-order valence-electron chi connectivity index (χ1n) is 17.3. The smallest absolute Gasteiger partial charge is 0.313 e. The number of hydrogen-bond donors (Lipinski definition) is 1. The average molecular weight is 670 g/mol. The van der Waals surface area contributed by atoms with Crippen LogP contribution in [0.5, 0.6) is 0 Å². The lowest BCUT2D eigenvalue weighted by molar-refractivity contribution is -0.164. The quantitative estimate of drug-likeness (QED) is 0.373. The first kappa shape index (κ1) is 34.6. The maximum absolute atomic E-state index is 15.2. The van der Waals surface area contributed by atoms with Gasteiger partial charge in [0.05, 0.1) is 30.7 Å². The van der Waals surface area contributed by atoms with Gasteiger partial charge in [-0.2, -0.15) is 0 Å². The summed E-state index contributed by atoms with van der Waals surface area (Å²) in [6, 6.07) is 12.7. The van der Waals surface area contributed by atoms with E-state index in [2.05, 4.69) is 0 Å². The molecule has 2 aromatic rings. The highest BCUT2D eigenvalue weighted by Gasteiger charge is 2.74. The minimum atomic E-state index is -1.45. The maximum Gasteiger partial charge on any atom is 0.313 e. The molecule has 260 valence electrons. The molecule has 8 atom stereocenters. The van der Waals surface area contributed by atoms with Crippen LogP contribution in [0.2, 0.25) is 0 Å². The van der Waals surface area contributed by atoms with Crippen molar-refractivity contribution >= 4 is 29.4 Å². The standard InChI is InChI=1S/C39H47N3O7/c1-23(2)28(22-43)42-35-37(46)41(33-24(3)14-13-15-25(33)4)21-12-8-11-18-30(44)40(6)26(5)34(27-16-9-7-10-17-27)48-38(47)31-29-19-20-39(35,49-29)32(31)36(42)45/h7-10,12-17,19-20,23,26,28-29,31-32,34-35,43H,11,18,21-22H2,1-6H3/b12-8-/t26-,28-,29+,31-,32-,34+,35+,39-/m0/s1. The van der Waals surface area contributed by atoms with Crippen LogP contribution in [0.25, 0.3) is 0 Å². The lowest BCUT2D eigenvalue weighted by Crippen LogP contribution is -2.59. The number of para-hydroxylation sites is 1. The number of allylic oxidation sites excluding steroid dienone is 1. The van der Waals surface area contributed by atoms with E-state index >= 15 is 4.79 Å². The monoisotopic (exact) mass is 669 g/mol. The summed E-state index contributed by atoms with van der Waals surface area (Å²) in [6.45, 7) is 9.34. The largest absolute Gasteiger partial charge is 0.455 e. The fourth-order valence-corrected chi connectivity index (χ4v) is 8.21. The van der Waals surface area contributed by atoms with Gasteiger partial charge in [-0.25, -0.2) is 0 Å². The zero-order valence-electron chi connectivity index (χ0n) is 29.1. The van der Waals surface area contributed by atoms with Gasteiger partial charge in [0.1, 0.15) is 23.7 Å². The Labute approximate surface area is 288 Å². The highest BCUT2D eigenvalue weighted by atomic mass is 16.6. The van der Waals surface area contributed by atoms with E-state index in [-0.39, 0.29) is 37.3 Å². The molecule has 3 amide bonds. The molecule has 10 heteroatoms. The van der Waals surface area contributed by atoms with Gasteiger partial charge in [-0.3, -0.25) is 19.2 Å². The molecule has 0 aromatic heterocycles. The van der Waals surface area contributed by atoms with Gasteiger partial charge in [-0.05, 0) is 49.8 Å². The van der Waals surface area contributed by atoms with E-state index < -0.39 is 59.6 Å². The molecule has 49 heavy (non-hydrogen) atoms. The number of likely N-dealkylation sites (N-methyl/N-ethyl adjacent to an activating group) is 1. The molecule has 4 heterocycles. The molecule has 6 rings (SSSR count). The number of anilines is 1. The van der Waals surface area contributed by atoms with Crippen LogP contribution in [0, 0.1) is 31.6 Å². The first-order chi connectivity index (χ1) is 23.4. The van der Waals surface area contributed by atoms with Crippen molar-refractivity contribution in [3.63, 3.8) is 0 Å². The minimum absolute atomic E-state index is 0.111. The molecule has 5 bridgehead atoms. The summed E-state index contributed by atoms with van der Waals surface area (Å²) < 4.78 is 12.9. The SMILES string of the molecule is Cc1cccc(C)c1N1C/C=C\CCC(=O)N(C)[C@@H](C)[C@H](c2ccccc2)OC(=O)[C@@H]2[C@H]3C(=O)N([C@@H](CO)C(C)C)[C@H](C1=O)[C@]31C=C[C@H]2O1. The van der Waals surface area contributed by atoms with Crippen molar-refractivity contribution < 1.29 is 33.8 Å². The zero-order valence-corrected chi connectivity index (χ0v) is 29.1. The lowest BCUT2D eigenvalue weighted by Gasteiger charge is -2.40. The Morgan fingerprint density at radius 2 is 1.65 bits per heavy atom. The molecule has 2 aromatic carbocycles. The number of aryl methyl sites for hydroxylation is 2. The zero-order chi connectivity index (χ0) is 35.2. The van der Waals surface area contributed by atoms with E-state index in [1.165, 1.54) is 4.90 Å². The number of rotatable bonds is 5. The third-order valence-corrected chi connectivity index (χ3v) is 10.9. The Balaban J connectivity index is 1.51. The second kappa shape index (κ2) is 13.6. The van der Waals surface area contributed by atoms with Crippen LogP contribution >= 0.6 is 0 Å². The number of carbonyl (C=O) groups is 4. The number of amides is 3. The number of benzene rings is 2. The number of carbonyl (C=O) groups excluding carboxylic acids is 4. The predicted octanol–water partition coefficient (Wildman–Crippen LogP) is 4.29. The molecule has 2 saturated heterocycles. The number of hydrogen-bond acceptors (Lipinski definition) is 7. The van der Waals surface area contributed by atoms with Crippen LogP contribution in [-0.4, -0.2) is 88.6 Å². The van der Waals surface area contributed by atoms with Crippen molar-refractivity contribution in [3.05, 3.63) is 89.5 Å².